The Morgan fingerprint density at radius 3 is 2.88 bits per heavy atom. The number of aryl methyl sites for hydroxylation is 1. The van der Waals surface area contributed by atoms with Crippen molar-refractivity contribution in [1.29, 1.82) is 0 Å². The van der Waals surface area contributed by atoms with Crippen molar-refractivity contribution in [2.75, 3.05) is 0 Å². The second-order valence-corrected chi connectivity index (χ2v) is 3.94. The highest BCUT2D eigenvalue weighted by Crippen LogP contribution is 2.26. The topological polar surface area (TPSA) is 55.0 Å². The van der Waals surface area contributed by atoms with Crippen molar-refractivity contribution in [1.82, 2.24) is 10.2 Å². The van der Waals surface area contributed by atoms with E-state index in [9.17, 15) is 0 Å². The molecule has 16 heavy (non-hydrogen) atoms. The molecular weight excluding hydrogens is 224 g/mol. The quantitative estimate of drug-likeness (QED) is 0.653. The van der Waals surface area contributed by atoms with Crippen molar-refractivity contribution in [3.05, 3.63) is 34.7 Å². The molecular formula is C11H8N2O2S. The Labute approximate surface area is 95.9 Å². The summed E-state index contributed by atoms with van der Waals surface area (Å²) in [5.74, 6) is 0.951. The molecule has 3 rings (SSSR count). The summed E-state index contributed by atoms with van der Waals surface area (Å²) in [6.45, 7) is 2.03. The zero-order valence-electron chi connectivity index (χ0n) is 8.48. The van der Waals surface area contributed by atoms with Crippen molar-refractivity contribution in [2.24, 2.45) is 0 Å². The summed E-state index contributed by atoms with van der Waals surface area (Å²) in [4.78, 5) is 0.242. The van der Waals surface area contributed by atoms with Gasteiger partial charge in [-0.2, -0.15) is 0 Å². The number of rotatable bonds is 1. The van der Waals surface area contributed by atoms with Crippen LogP contribution in [-0.4, -0.2) is 10.2 Å². The molecule has 0 saturated heterocycles. The van der Waals surface area contributed by atoms with Gasteiger partial charge in [-0.05, 0) is 37.3 Å². The van der Waals surface area contributed by atoms with E-state index in [1.807, 2.05) is 31.2 Å². The van der Waals surface area contributed by atoms with Crippen LogP contribution in [0, 0.1) is 11.8 Å². The Balaban J connectivity index is 2.22. The molecule has 0 aliphatic heterocycles. The Hall–Kier alpha value is -1.88. The minimum atomic E-state index is 0.242. The van der Waals surface area contributed by atoms with Crippen LogP contribution in [0.5, 0.6) is 0 Å². The molecule has 80 valence electrons. The van der Waals surface area contributed by atoms with Crippen molar-refractivity contribution in [3.63, 3.8) is 0 Å². The number of aromatic nitrogens is 2. The lowest BCUT2D eigenvalue weighted by atomic mass is 10.2. The zero-order valence-corrected chi connectivity index (χ0v) is 9.30. The van der Waals surface area contributed by atoms with Gasteiger partial charge >= 0.3 is 0 Å². The van der Waals surface area contributed by atoms with Crippen molar-refractivity contribution in [3.8, 4) is 11.7 Å². The molecule has 4 nitrogen and oxygen atoms in total. The van der Waals surface area contributed by atoms with E-state index >= 15 is 0 Å². The van der Waals surface area contributed by atoms with Gasteiger partial charge in [0.15, 0.2) is 5.76 Å². The van der Waals surface area contributed by atoms with Gasteiger partial charge < -0.3 is 8.83 Å². The average Bonchev–Trinajstić information content (AvgIpc) is 2.83. The lowest BCUT2D eigenvalue weighted by molar-refractivity contribution is 0.520. The predicted molar refractivity (Wildman–Crippen MR) is 61.6 cm³/mol. The summed E-state index contributed by atoms with van der Waals surface area (Å²) in [6.07, 6.45) is 0. The fraction of sp³-hybridized carbons (Fsp3) is 0.0909. The first-order chi connectivity index (χ1) is 7.72. The molecule has 0 aliphatic carbocycles. The van der Waals surface area contributed by atoms with Crippen LogP contribution in [0.15, 0.2) is 33.1 Å². The number of nitrogens with zero attached hydrogens (tertiary/aromatic N) is 1. The molecule has 0 atom stereocenters. The van der Waals surface area contributed by atoms with Gasteiger partial charge in [0.1, 0.15) is 5.58 Å². The summed E-state index contributed by atoms with van der Waals surface area (Å²) in [5, 5.41) is 7.50. The van der Waals surface area contributed by atoms with Gasteiger partial charge in [0.05, 0.1) is 0 Å². The molecule has 5 heteroatoms. The van der Waals surface area contributed by atoms with E-state index in [1.54, 1.807) is 0 Å². The van der Waals surface area contributed by atoms with E-state index in [0.29, 0.717) is 11.7 Å². The van der Waals surface area contributed by atoms with Gasteiger partial charge in [-0.3, -0.25) is 0 Å². The van der Waals surface area contributed by atoms with Crippen molar-refractivity contribution < 1.29 is 8.83 Å². The van der Waals surface area contributed by atoms with Crippen LogP contribution in [0.1, 0.15) is 5.56 Å². The zero-order chi connectivity index (χ0) is 11.1. The first-order valence-electron chi connectivity index (χ1n) is 4.78. The van der Waals surface area contributed by atoms with Crippen LogP contribution in [0.25, 0.3) is 22.6 Å². The summed E-state index contributed by atoms with van der Waals surface area (Å²) < 4.78 is 10.8. The number of H-pyrrole nitrogens is 1. The molecule has 1 N–H and O–H groups in total. The van der Waals surface area contributed by atoms with Gasteiger partial charge in [-0.25, -0.2) is 5.10 Å². The highest BCUT2D eigenvalue weighted by molar-refractivity contribution is 7.71. The molecule has 0 bridgehead atoms. The predicted octanol–water partition coefficient (Wildman–Crippen LogP) is 3.45. The van der Waals surface area contributed by atoms with Crippen molar-refractivity contribution >= 4 is 23.2 Å². The number of benzene rings is 1. The molecule has 0 fully saturated rings. The molecule has 0 aliphatic rings. The van der Waals surface area contributed by atoms with Gasteiger partial charge in [0.2, 0.25) is 0 Å². The van der Waals surface area contributed by atoms with E-state index in [0.717, 1.165) is 11.0 Å². The number of nitrogens with one attached hydrogen (secondary N) is 1. The molecule has 0 unspecified atom stereocenters. The fourth-order valence-corrected chi connectivity index (χ4v) is 1.73. The lowest BCUT2D eigenvalue weighted by Gasteiger charge is -1.89. The maximum Gasteiger partial charge on any atom is 0.284 e. The standard InChI is InChI=1S/C11H8N2O2S/c1-6-2-3-8-7(4-6)5-9(14-8)10-12-13-11(16)15-10/h2-5H,1H3,(H,13,16). The minimum absolute atomic E-state index is 0.242. The number of aromatic amines is 1. The third-order valence-electron chi connectivity index (χ3n) is 2.32. The van der Waals surface area contributed by atoms with Gasteiger partial charge in [-0.15, -0.1) is 5.10 Å². The van der Waals surface area contributed by atoms with Gasteiger partial charge in [0, 0.05) is 5.39 Å². The SMILES string of the molecule is Cc1ccc2oc(-c3n[nH]c(=S)o3)cc2c1. The molecule has 0 spiro atoms. The van der Waals surface area contributed by atoms with Crippen LogP contribution in [0.2, 0.25) is 0 Å². The average molecular weight is 232 g/mol. The lowest BCUT2D eigenvalue weighted by Crippen LogP contribution is -1.71. The number of furan rings is 1. The summed E-state index contributed by atoms with van der Waals surface area (Å²) in [5.41, 5.74) is 1.99. The van der Waals surface area contributed by atoms with E-state index in [-0.39, 0.29) is 4.84 Å². The smallest absolute Gasteiger partial charge is 0.284 e. The van der Waals surface area contributed by atoms with Crippen LogP contribution in [0.4, 0.5) is 0 Å². The number of hydrogen-bond donors (Lipinski definition) is 1. The van der Waals surface area contributed by atoms with E-state index in [1.165, 1.54) is 5.56 Å². The molecule has 0 amide bonds. The highest BCUT2D eigenvalue weighted by Gasteiger charge is 2.10. The minimum Gasteiger partial charge on any atom is -0.451 e. The first-order valence-corrected chi connectivity index (χ1v) is 5.19. The largest absolute Gasteiger partial charge is 0.451 e. The molecule has 1 aromatic carbocycles. The second kappa shape index (κ2) is 3.31. The van der Waals surface area contributed by atoms with Crippen LogP contribution < -0.4 is 0 Å². The van der Waals surface area contributed by atoms with E-state index in [2.05, 4.69) is 10.2 Å². The fourth-order valence-electron chi connectivity index (χ4n) is 1.60. The molecule has 0 radical (unpaired) electrons. The third kappa shape index (κ3) is 1.45. The molecule has 3 aromatic rings. The normalized spacial score (nSPS) is 11.1. The summed E-state index contributed by atoms with van der Waals surface area (Å²) >= 11 is 4.81. The number of hydrogen-bond acceptors (Lipinski definition) is 4. The highest BCUT2D eigenvalue weighted by atomic mass is 32.1. The van der Waals surface area contributed by atoms with Gasteiger partial charge in [0.25, 0.3) is 10.7 Å². The van der Waals surface area contributed by atoms with E-state index < -0.39 is 0 Å². The van der Waals surface area contributed by atoms with Crippen LogP contribution >= 0.6 is 12.2 Å². The maximum atomic E-state index is 5.60. The third-order valence-corrected chi connectivity index (χ3v) is 2.50. The van der Waals surface area contributed by atoms with Crippen LogP contribution in [0.3, 0.4) is 0 Å². The Bertz CT molecular complexity index is 708. The summed E-state index contributed by atoms with van der Waals surface area (Å²) in [6, 6.07) is 7.85. The maximum absolute atomic E-state index is 5.60. The molecule has 2 heterocycles. The Morgan fingerprint density at radius 1 is 1.25 bits per heavy atom. The van der Waals surface area contributed by atoms with E-state index in [4.69, 9.17) is 21.1 Å². The summed E-state index contributed by atoms with van der Waals surface area (Å²) in [7, 11) is 0. The van der Waals surface area contributed by atoms with Crippen molar-refractivity contribution in [2.45, 2.75) is 6.92 Å². The van der Waals surface area contributed by atoms with Gasteiger partial charge in [-0.1, -0.05) is 11.6 Å². The molecule has 2 aromatic heterocycles. The Morgan fingerprint density at radius 2 is 2.12 bits per heavy atom. The molecule has 0 saturated carbocycles. The first kappa shape index (κ1) is 9.35. The Kier molecular flexibility index (Phi) is 1.94. The number of fused-ring (bicyclic) bond motifs is 1. The second-order valence-electron chi connectivity index (χ2n) is 3.57. The monoisotopic (exact) mass is 232 g/mol. The van der Waals surface area contributed by atoms with Crippen LogP contribution in [-0.2, 0) is 0 Å².